The SMILES string of the molecule is COc1cccc(C2(N)CC2)c1O. The maximum absolute atomic E-state index is 9.76. The van der Waals surface area contributed by atoms with Gasteiger partial charge in [-0.15, -0.1) is 0 Å². The number of benzene rings is 1. The Balaban J connectivity index is 2.46. The van der Waals surface area contributed by atoms with Crippen LogP contribution in [0.3, 0.4) is 0 Å². The topological polar surface area (TPSA) is 55.5 Å². The molecule has 0 atom stereocenters. The first-order chi connectivity index (χ1) is 6.17. The third-order valence-electron chi connectivity index (χ3n) is 2.54. The fourth-order valence-electron chi connectivity index (χ4n) is 1.49. The summed E-state index contributed by atoms with van der Waals surface area (Å²) in [7, 11) is 1.54. The van der Waals surface area contributed by atoms with E-state index in [1.54, 1.807) is 6.07 Å². The summed E-state index contributed by atoms with van der Waals surface area (Å²) in [6.45, 7) is 0. The second-order valence-electron chi connectivity index (χ2n) is 3.51. The molecule has 1 aromatic rings. The molecule has 3 heteroatoms. The van der Waals surface area contributed by atoms with Crippen molar-refractivity contribution in [2.45, 2.75) is 18.4 Å². The maximum Gasteiger partial charge on any atom is 0.162 e. The monoisotopic (exact) mass is 179 g/mol. The molecule has 0 bridgehead atoms. The number of aromatic hydroxyl groups is 1. The van der Waals surface area contributed by atoms with Gasteiger partial charge in [-0.2, -0.15) is 0 Å². The predicted molar refractivity (Wildman–Crippen MR) is 49.8 cm³/mol. The molecule has 3 N–H and O–H groups in total. The van der Waals surface area contributed by atoms with E-state index in [0.29, 0.717) is 5.75 Å². The van der Waals surface area contributed by atoms with Crippen molar-refractivity contribution in [2.75, 3.05) is 7.11 Å². The van der Waals surface area contributed by atoms with Gasteiger partial charge in [-0.05, 0) is 18.9 Å². The zero-order chi connectivity index (χ0) is 9.47. The van der Waals surface area contributed by atoms with Crippen LogP contribution >= 0.6 is 0 Å². The Morgan fingerprint density at radius 1 is 1.46 bits per heavy atom. The molecule has 0 aromatic heterocycles. The minimum atomic E-state index is -0.307. The van der Waals surface area contributed by atoms with Crippen LogP contribution in [-0.2, 0) is 5.54 Å². The van der Waals surface area contributed by atoms with Crippen LogP contribution in [-0.4, -0.2) is 12.2 Å². The highest BCUT2D eigenvalue weighted by Crippen LogP contribution is 2.48. The third kappa shape index (κ3) is 1.25. The zero-order valence-corrected chi connectivity index (χ0v) is 7.58. The second kappa shape index (κ2) is 2.64. The summed E-state index contributed by atoms with van der Waals surface area (Å²) >= 11 is 0. The molecule has 1 aliphatic rings. The molecule has 0 radical (unpaired) electrons. The van der Waals surface area contributed by atoms with E-state index < -0.39 is 0 Å². The molecule has 1 saturated carbocycles. The molecular formula is C10H13NO2. The lowest BCUT2D eigenvalue weighted by Gasteiger charge is -2.13. The summed E-state index contributed by atoms with van der Waals surface area (Å²) in [5, 5.41) is 9.76. The van der Waals surface area contributed by atoms with Crippen molar-refractivity contribution < 1.29 is 9.84 Å². The summed E-state index contributed by atoms with van der Waals surface area (Å²) in [4.78, 5) is 0. The van der Waals surface area contributed by atoms with E-state index in [0.717, 1.165) is 18.4 Å². The third-order valence-corrected chi connectivity index (χ3v) is 2.54. The van der Waals surface area contributed by atoms with Crippen LogP contribution in [0.5, 0.6) is 11.5 Å². The molecule has 1 fully saturated rings. The van der Waals surface area contributed by atoms with Gasteiger partial charge in [-0.3, -0.25) is 0 Å². The summed E-state index contributed by atoms with van der Waals surface area (Å²) < 4.78 is 5.00. The van der Waals surface area contributed by atoms with E-state index in [-0.39, 0.29) is 11.3 Å². The van der Waals surface area contributed by atoms with Crippen molar-refractivity contribution in [3.05, 3.63) is 23.8 Å². The van der Waals surface area contributed by atoms with Gasteiger partial charge in [0, 0.05) is 11.1 Å². The Bertz CT molecular complexity index is 332. The van der Waals surface area contributed by atoms with E-state index in [1.165, 1.54) is 7.11 Å². The zero-order valence-electron chi connectivity index (χ0n) is 7.58. The first-order valence-electron chi connectivity index (χ1n) is 4.33. The highest BCUT2D eigenvalue weighted by atomic mass is 16.5. The normalized spacial score (nSPS) is 18.3. The van der Waals surface area contributed by atoms with Gasteiger partial charge >= 0.3 is 0 Å². The lowest BCUT2D eigenvalue weighted by Crippen LogP contribution is -2.18. The van der Waals surface area contributed by atoms with Gasteiger partial charge in [0.2, 0.25) is 0 Å². The van der Waals surface area contributed by atoms with E-state index in [1.807, 2.05) is 12.1 Å². The second-order valence-corrected chi connectivity index (χ2v) is 3.51. The van der Waals surface area contributed by atoms with Gasteiger partial charge in [-0.25, -0.2) is 0 Å². The molecule has 0 unspecified atom stereocenters. The van der Waals surface area contributed by atoms with Crippen molar-refractivity contribution in [1.29, 1.82) is 0 Å². The Kier molecular flexibility index (Phi) is 1.70. The predicted octanol–water partition coefficient (Wildman–Crippen LogP) is 1.35. The number of phenols is 1. The Morgan fingerprint density at radius 3 is 2.69 bits per heavy atom. The Morgan fingerprint density at radius 2 is 2.15 bits per heavy atom. The Hall–Kier alpha value is -1.22. The van der Waals surface area contributed by atoms with Gasteiger partial charge in [-0.1, -0.05) is 12.1 Å². The van der Waals surface area contributed by atoms with Gasteiger partial charge in [0.05, 0.1) is 7.11 Å². The van der Waals surface area contributed by atoms with Crippen molar-refractivity contribution in [3.8, 4) is 11.5 Å². The molecule has 1 aliphatic carbocycles. The summed E-state index contributed by atoms with van der Waals surface area (Å²) in [6, 6.07) is 5.43. The minimum absolute atomic E-state index is 0.185. The minimum Gasteiger partial charge on any atom is -0.504 e. The molecule has 0 heterocycles. The first kappa shape index (κ1) is 8.38. The number of phenolic OH excluding ortho intramolecular Hbond substituents is 1. The largest absolute Gasteiger partial charge is 0.504 e. The van der Waals surface area contributed by atoms with E-state index >= 15 is 0 Å². The van der Waals surface area contributed by atoms with Gasteiger partial charge in [0.1, 0.15) is 0 Å². The number of ether oxygens (including phenoxy) is 1. The average Bonchev–Trinajstić information content (AvgIpc) is 2.85. The molecule has 0 aliphatic heterocycles. The van der Waals surface area contributed by atoms with Crippen LogP contribution in [0.2, 0.25) is 0 Å². The highest BCUT2D eigenvalue weighted by molar-refractivity contribution is 5.50. The number of nitrogens with two attached hydrogens (primary N) is 1. The molecule has 2 rings (SSSR count). The van der Waals surface area contributed by atoms with Crippen LogP contribution < -0.4 is 10.5 Å². The molecule has 0 saturated heterocycles. The van der Waals surface area contributed by atoms with Gasteiger partial charge < -0.3 is 15.6 Å². The number of para-hydroxylation sites is 1. The van der Waals surface area contributed by atoms with Crippen molar-refractivity contribution >= 4 is 0 Å². The number of hydrogen-bond donors (Lipinski definition) is 2. The van der Waals surface area contributed by atoms with Gasteiger partial charge in [0.25, 0.3) is 0 Å². The van der Waals surface area contributed by atoms with Crippen LogP contribution in [0.25, 0.3) is 0 Å². The highest BCUT2D eigenvalue weighted by Gasteiger charge is 2.42. The molecule has 0 spiro atoms. The van der Waals surface area contributed by atoms with E-state index in [4.69, 9.17) is 10.5 Å². The average molecular weight is 179 g/mol. The van der Waals surface area contributed by atoms with E-state index in [9.17, 15) is 5.11 Å². The molecule has 0 amide bonds. The Labute approximate surface area is 77.1 Å². The van der Waals surface area contributed by atoms with Crippen molar-refractivity contribution in [2.24, 2.45) is 5.73 Å². The van der Waals surface area contributed by atoms with Crippen molar-refractivity contribution in [1.82, 2.24) is 0 Å². The standard InChI is InChI=1S/C10H13NO2/c1-13-8-4-2-3-7(9(8)12)10(11)5-6-10/h2-4,12H,5-6,11H2,1H3. The number of methoxy groups -OCH3 is 1. The quantitative estimate of drug-likeness (QED) is 0.720. The number of hydrogen-bond acceptors (Lipinski definition) is 3. The summed E-state index contributed by atoms with van der Waals surface area (Å²) in [5.74, 6) is 0.680. The summed E-state index contributed by atoms with van der Waals surface area (Å²) in [5.41, 5.74) is 6.47. The molecular weight excluding hydrogens is 166 g/mol. The molecule has 13 heavy (non-hydrogen) atoms. The van der Waals surface area contributed by atoms with Crippen LogP contribution in [0.15, 0.2) is 18.2 Å². The van der Waals surface area contributed by atoms with Gasteiger partial charge in [0.15, 0.2) is 11.5 Å². The summed E-state index contributed by atoms with van der Waals surface area (Å²) in [6.07, 6.45) is 1.88. The van der Waals surface area contributed by atoms with Crippen LogP contribution in [0, 0.1) is 0 Å². The maximum atomic E-state index is 9.76. The smallest absolute Gasteiger partial charge is 0.162 e. The lowest BCUT2D eigenvalue weighted by molar-refractivity contribution is 0.368. The molecule has 1 aromatic carbocycles. The molecule has 70 valence electrons. The molecule has 3 nitrogen and oxygen atoms in total. The first-order valence-corrected chi connectivity index (χ1v) is 4.33. The van der Waals surface area contributed by atoms with Crippen LogP contribution in [0.4, 0.5) is 0 Å². The lowest BCUT2D eigenvalue weighted by atomic mass is 10.0. The van der Waals surface area contributed by atoms with E-state index in [2.05, 4.69) is 0 Å². The van der Waals surface area contributed by atoms with Crippen LogP contribution in [0.1, 0.15) is 18.4 Å². The fourth-order valence-corrected chi connectivity index (χ4v) is 1.49. The fraction of sp³-hybridized carbons (Fsp3) is 0.400. The number of rotatable bonds is 2. The van der Waals surface area contributed by atoms with Crippen molar-refractivity contribution in [3.63, 3.8) is 0 Å².